The van der Waals surface area contributed by atoms with Gasteiger partial charge in [0.1, 0.15) is 11.6 Å². The van der Waals surface area contributed by atoms with Gasteiger partial charge in [-0.15, -0.1) is 0 Å². The van der Waals surface area contributed by atoms with Crippen molar-refractivity contribution in [2.45, 2.75) is 31.7 Å². The quantitative estimate of drug-likeness (QED) is 0.831. The summed E-state index contributed by atoms with van der Waals surface area (Å²) in [4.78, 5) is 27.1. The fourth-order valence-corrected chi connectivity index (χ4v) is 4.76. The highest BCUT2D eigenvalue weighted by atomic mass is 19.1. The molecule has 0 spiro atoms. The molecule has 0 saturated heterocycles. The number of hydrazone groups is 1. The third-order valence-corrected chi connectivity index (χ3v) is 6.00. The SMILES string of the molecule is CN(C)C(=O)C1CC2(C(=O)N3N=CCC3c3cc(F)cc(F)c3)CC1C2. The monoisotopic (exact) mass is 361 g/mol. The Hall–Kier alpha value is -2.31. The van der Waals surface area contributed by atoms with Gasteiger partial charge in [0.2, 0.25) is 11.8 Å². The number of halogens is 2. The summed E-state index contributed by atoms with van der Waals surface area (Å²) < 4.78 is 27.2. The van der Waals surface area contributed by atoms with Crippen LogP contribution in [-0.2, 0) is 9.59 Å². The van der Waals surface area contributed by atoms with Crippen molar-refractivity contribution < 1.29 is 18.4 Å². The summed E-state index contributed by atoms with van der Waals surface area (Å²) in [7, 11) is 3.46. The summed E-state index contributed by atoms with van der Waals surface area (Å²) in [5.41, 5.74) is -0.160. The molecule has 5 nitrogen and oxygen atoms in total. The van der Waals surface area contributed by atoms with Crippen molar-refractivity contribution in [2.24, 2.45) is 22.4 Å². The van der Waals surface area contributed by atoms with Gasteiger partial charge in [0.25, 0.3) is 0 Å². The molecule has 2 atom stereocenters. The first-order chi connectivity index (χ1) is 12.3. The zero-order valence-electron chi connectivity index (χ0n) is 14.8. The zero-order chi connectivity index (χ0) is 18.6. The van der Waals surface area contributed by atoms with E-state index in [0.29, 0.717) is 31.2 Å². The molecule has 0 N–H and O–H groups in total. The second-order valence-electron chi connectivity index (χ2n) is 7.89. The first-order valence-corrected chi connectivity index (χ1v) is 8.84. The molecule has 26 heavy (non-hydrogen) atoms. The molecule has 5 rings (SSSR count). The van der Waals surface area contributed by atoms with Crippen molar-refractivity contribution in [3.8, 4) is 0 Å². The topological polar surface area (TPSA) is 53.0 Å². The Bertz CT molecular complexity index is 782. The summed E-state index contributed by atoms with van der Waals surface area (Å²) in [6.45, 7) is 0. The molecular formula is C19H21F2N3O2. The molecule has 1 heterocycles. The Kier molecular flexibility index (Phi) is 3.86. The summed E-state index contributed by atoms with van der Waals surface area (Å²) >= 11 is 0. The molecule has 138 valence electrons. The van der Waals surface area contributed by atoms with Gasteiger partial charge in [0.15, 0.2) is 0 Å². The smallest absolute Gasteiger partial charge is 0.249 e. The number of carbonyl (C=O) groups excluding carboxylic acids is 2. The third kappa shape index (κ3) is 2.52. The fourth-order valence-electron chi connectivity index (χ4n) is 4.76. The highest BCUT2D eigenvalue weighted by Gasteiger charge is 2.63. The number of nitrogens with zero attached hydrogens (tertiary/aromatic N) is 3. The molecule has 1 aliphatic heterocycles. The van der Waals surface area contributed by atoms with Crippen LogP contribution in [0.5, 0.6) is 0 Å². The number of fused-ring (bicyclic) bond motifs is 1. The predicted octanol–water partition coefficient (Wildman–Crippen LogP) is 2.73. The largest absolute Gasteiger partial charge is 0.349 e. The second kappa shape index (κ2) is 5.86. The Morgan fingerprint density at radius 1 is 1.15 bits per heavy atom. The molecule has 1 aromatic rings. The van der Waals surface area contributed by atoms with Gasteiger partial charge in [-0.3, -0.25) is 9.59 Å². The lowest BCUT2D eigenvalue weighted by Crippen LogP contribution is -2.45. The molecule has 0 radical (unpaired) electrons. The van der Waals surface area contributed by atoms with Crippen LogP contribution >= 0.6 is 0 Å². The van der Waals surface area contributed by atoms with Crippen molar-refractivity contribution in [1.29, 1.82) is 0 Å². The van der Waals surface area contributed by atoms with Gasteiger partial charge in [-0.25, -0.2) is 13.8 Å². The molecule has 0 aromatic heterocycles. The molecule has 1 aromatic carbocycles. The van der Waals surface area contributed by atoms with Crippen LogP contribution in [0.4, 0.5) is 8.78 Å². The van der Waals surface area contributed by atoms with Crippen molar-refractivity contribution in [3.63, 3.8) is 0 Å². The van der Waals surface area contributed by atoms with Gasteiger partial charge >= 0.3 is 0 Å². The fraction of sp³-hybridized carbons (Fsp3) is 0.526. The third-order valence-electron chi connectivity index (χ3n) is 6.00. The number of amides is 2. The second-order valence-corrected chi connectivity index (χ2v) is 7.89. The molecular weight excluding hydrogens is 340 g/mol. The van der Waals surface area contributed by atoms with E-state index in [1.807, 2.05) is 0 Å². The van der Waals surface area contributed by atoms with Crippen molar-refractivity contribution in [2.75, 3.05) is 14.1 Å². The average molecular weight is 361 g/mol. The van der Waals surface area contributed by atoms with E-state index < -0.39 is 23.1 Å². The number of carbonyl (C=O) groups is 2. The van der Waals surface area contributed by atoms with Crippen LogP contribution in [0.2, 0.25) is 0 Å². The van der Waals surface area contributed by atoms with Crippen LogP contribution in [0.3, 0.4) is 0 Å². The maximum atomic E-state index is 13.6. The van der Waals surface area contributed by atoms with Gasteiger partial charge in [0.05, 0.1) is 11.5 Å². The van der Waals surface area contributed by atoms with Crippen LogP contribution < -0.4 is 0 Å². The lowest BCUT2D eigenvalue weighted by atomic mass is 9.68. The Labute approximate surface area is 150 Å². The molecule has 4 aliphatic rings. The Balaban J connectivity index is 1.55. The van der Waals surface area contributed by atoms with E-state index in [1.54, 1.807) is 25.2 Å². The summed E-state index contributed by atoms with van der Waals surface area (Å²) in [6, 6.07) is 2.81. The van der Waals surface area contributed by atoms with E-state index in [2.05, 4.69) is 5.10 Å². The number of hydrogen-bond donors (Lipinski definition) is 0. The molecule has 3 fully saturated rings. The maximum absolute atomic E-state index is 13.6. The summed E-state index contributed by atoms with van der Waals surface area (Å²) in [6.07, 6.45) is 3.94. The van der Waals surface area contributed by atoms with Crippen LogP contribution in [0, 0.1) is 28.9 Å². The first kappa shape index (κ1) is 17.1. The lowest BCUT2D eigenvalue weighted by Gasteiger charge is -2.40. The van der Waals surface area contributed by atoms with Gasteiger partial charge in [-0.1, -0.05) is 0 Å². The normalized spacial score (nSPS) is 31.8. The highest BCUT2D eigenvalue weighted by molar-refractivity contribution is 5.89. The van der Waals surface area contributed by atoms with E-state index in [0.717, 1.165) is 6.07 Å². The predicted molar refractivity (Wildman–Crippen MR) is 91.0 cm³/mol. The van der Waals surface area contributed by atoms with Gasteiger partial charge < -0.3 is 4.90 Å². The van der Waals surface area contributed by atoms with Crippen LogP contribution in [-0.4, -0.2) is 42.0 Å². The minimum atomic E-state index is -0.668. The zero-order valence-corrected chi connectivity index (χ0v) is 14.8. The molecule has 3 saturated carbocycles. The van der Waals surface area contributed by atoms with E-state index in [4.69, 9.17) is 0 Å². The van der Waals surface area contributed by atoms with Gasteiger partial charge in [-0.05, 0) is 42.9 Å². The maximum Gasteiger partial charge on any atom is 0.249 e. The van der Waals surface area contributed by atoms with Crippen LogP contribution in [0.25, 0.3) is 0 Å². The van der Waals surface area contributed by atoms with E-state index >= 15 is 0 Å². The van der Waals surface area contributed by atoms with Gasteiger partial charge in [0, 0.05) is 38.7 Å². The molecule has 7 heteroatoms. The Morgan fingerprint density at radius 2 is 1.81 bits per heavy atom. The van der Waals surface area contributed by atoms with E-state index in [1.165, 1.54) is 17.1 Å². The Morgan fingerprint density at radius 3 is 2.42 bits per heavy atom. The average Bonchev–Trinajstić information content (AvgIpc) is 3.24. The molecule has 2 bridgehead atoms. The molecule has 2 amide bonds. The van der Waals surface area contributed by atoms with Gasteiger partial charge in [-0.2, -0.15) is 5.10 Å². The van der Waals surface area contributed by atoms with Crippen molar-refractivity contribution in [3.05, 3.63) is 35.4 Å². The number of rotatable bonds is 3. The molecule has 2 unspecified atom stereocenters. The van der Waals surface area contributed by atoms with Crippen molar-refractivity contribution >= 4 is 18.0 Å². The van der Waals surface area contributed by atoms with Crippen LogP contribution in [0.15, 0.2) is 23.3 Å². The van der Waals surface area contributed by atoms with E-state index in [9.17, 15) is 18.4 Å². The lowest BCUT2D eigenvalue weighted by molar-refractivity contribution is -0.148. The van der Waals surface area contributed by atoms with E-state index in [-0.39, 0.29) is 23.7 Å². The van der Waals surface area contributed by atoms with Crippen molar-refractivity contribution in [1.82, 2.24) is 9.91 Å². The summed E-state index contributed by atoms with van der Waals surface area (Å²) in [5, 5.41) is 5.56. The molecule has 3 aliphatic carbocycles. The number of benzene rings is 1. The minimum absolute atomic E-state index is 0.0656. The first-order valence-electron chi connectivity index (χ1n) is 8.84. The summed E-state index contributed by atoms with van der Waals surface area (Å²) in [5.74, 6) is -1.28. The number of hydrogen-bond acceptors (Lipinski definition) is 3. The minimum Gasteiger partial charge on any atom is -0.349 e. The van der Waals surface area contributed by atoms with Crippen LogP contribution in [0.1, 0.15) is 37.3 Å². The highest BCUT2D eigenvalue weighted by Crippen LogP contribution is 2.63. The standard InChI is InChI=1S/C19H21F2N3O2/c1-23(2)17(25)15-10-19(8-12(15)9-19)18(26)24-16(3-4-22-24)11-5-13(20)7-14(21)6-11/h4-7,12,15-16H,3,8-10H2,1-2H3.